The Balaban J connectivity index is 3.19. The van der Waals surface area contributed by atoms with E-state index in [0.717, 1.165) is 0 Å². The van der Waals surface area contributed by atoms with Gasteiger partial charge in [0.05, 0.1) is 10.6 Å². The van der Waals surface area contributed by atoms with Crippen molar-refractivity contribution >= 4 is 17.1 Å². The molecule has 14 heavy (non-hydrogen) atoms. The second kappa shape index (κ2) is 3.69. The van der Waals surface area contributed by atoms with Crippen molar-refractivity contribution in [3.63, 3.8) is 0 Å². The third kappa shape index (κ3) is 1.77. The molecule has 1 aromatic heterocycles. The highest BCUT2D eigenvalue weighted by atomic mass is 16.6. The van der Waals surface area contributed by atoms with Gasteiger partial charge in [0.15, 0.2) is 0 Å². The lowest BCUT2D eigenvalue weighted by Gasteiger charge is -2.00. The Morgan fingerprint density at radius 2 is 2.29 bits per heavy atom. The molecule has 1 aromatic rings. The first-order valence-corrected chi connectivity index (χ1v) is 3.79. The zero-order chi connectivity index (χ0) is 10.7. The molecule has 0 aromatic carbocycles. The average molecular weight is 191 g/mol. The predicted octanol–water partition coefficient (Wildman–Crippen LogP) is 1.77. The standard InChI is InChI=1S/C9H9N3O2/c1-3-6(2)7-4-5-8(12(13)14)9(10)11-7/h3-5H,1-2H2,(H2,10,11). The Bertz CT molecular complexity index is 413. The van der Waals surface area contributed by atoms with E-state index in [0.29, 0.717) is 11.3 Å². The SMILES string of the molecule is C=CC(=C)c1ccc([N+](=O)[O-])c(N)n1. The Morgan fingerprint density at radius 3 is 2.71 bits per heavy atom. The molecule has 0 aliphatic rings. The van der Waals surface area contributed by atoms with Gasteiger partial charge in [-0.05, 0) is 11.6 Å². The molecule has 0 saturated carbocycles. The van der Waals surface area contributed by atoms with E-state index in [4.69, 9.17) is 5.73 Å². The number of allylic oxidation sites excluding steroid dienone is 2. The van der Waals surface area contributed by atoms with Crippen LogP contribution >= 0.6 is 0 Å². The van der Waals surface area contributed by atoms with Crippen LogP contribution in [0.1, 0.15) is 5.69 Å². The first-order chi connectivity index (χ1) is 6.56. The van der Waals surface area contributed by atoms with E-state index in [9.17, 15) is 10.1 Å². The molecule has 0 aliphatic carbocycles. The van der Waals surface area contributed by atoms with Crippen molar-refractivity contribution < 1.29 is 4.92 Å². The van der Waals surface area contributed by atoms with Crippen molar-refractivity contribution in [1.29, 1.82) is 0 Å². The van der Waals surface area contributed by atoms with Crippen LogP contribution in [0.4, 0.5) is 11.5 Å². The number of rotatable bonds is 3. The number of hydrogen-bond acceptors (Lipinski definition) is 4. The summed E-state index contributed by atoms with van der Waals surface area (Å²) in [5, 5.41) is 10.4. The van der Waals surface area contributed by atoms with Crippen LogP contribution in [0.25, 0.3) is 5.57 Å². The van der Waals surface area contributed by atoms with Gasteiger partial charge >= 0.3 is 5.69 Å². The lowest BCUT2D eigenvalue weighted by atomic mass is 10.2. The van der Waals surface area contributed by atoms with Crippen LogP contribution in [0.3, 0.4) is 0 Å². The van der Waals surface area contributed by atoms with Gasteiger partial charge in [0.25, 0.3) is 0 Å². The summed E-state index contributed by atoms with van der Waals surface area (Å²) in [5.41, 5.74) is 6.25. The van der Waals surface area contributed by atoms with Crippen molar-refractivity contribution in [2.24, 2.45) is 0 Å². The topological polar surface area (TPSA) is 82.0 Å². The first kappa shape index (κ1) is 9.91. The van der Waals surface area contributed by atoms with E-state index in [-0.39, 0.29) is 11.5 Å². The number of aromatic nitrogens is 1. The molecule has 0 saturated heterocycles. The molecule has 0 radical (unpaired) electrons. The van der Waals surface area contributed by atoms with Crippen LogP contribution in [0, 0.1) is 10.1 Å². The number of nitrogens with two attached hydrogens (primary N) is 1. The third-order valence-electron chi connectivity index (χ3n) is 1.67. The van der Waals surface area contributed by atoms with Gasteiger partial charge in [-0.25, -0.2) is 4.98 Å². The zero-order valence-corrected chi connectivity index (χ0v) is 7.43. The lowest BCUT2D eigenvalue weighted by Crippen LogP contribution is -2.00. The molecular weight excluding hydrogens is 182 g/mol. The van der Waals surface area contributed by atoms with E-state index >= 15 is 0 Å². The summed E-state index contributed by atoms with van der Waals surface area (Å²) >= 11 is 0. The molecule has 0 aliphatic heterocycles. The number of hydrogen-bond donors (Lipinski definition) is 1. The van der Waals surface area contributed by atoms with Gasteiger partial charge in [0, 0.05) is 6.07 Å². The van der Waals surface area contributed by atoms with Crippen molar-refractivity contribution in [2.75, 3.05) is 5.73 Å². The van der Waals surface area contributed by atoms with Gasteiger partial charge in [-0.1, -0.05) is 19.2 Å². The van der Waals surface area contributed by atoms with E-state index < -0.39 is 4.92 Å². The van der Waals surface area contributed by atoms with E-state index in [1.54, 1.807) is 0 Å². The Labute approximate surface area is 80.7 Å². The number of nitrogen functional groups attached to an aromatic ring is 1. The van der Waals surface area contributed by atoms with E-state index in [1.807, 2.05) is 0 Å². The van der Waals surface area contributed by atoms with Crippen LogP contribution in [-0.2, 0) is 0 Å². The Kier molecular flexibility index (Phi) is 2.62. The summed E-state index contributed by atoms with van der Waals surface area (Å²) in [5.74, 6) is -0.115. The summed E-state index contributed by atoms with van der Waals surface area (Å²) in [6.45, 7) is 7.16. The molecule has 5 heteroatoms. The molecule has 0 spiro atoms. The maximum absolute atomic E-state index is 10.4. The van der Waals surface area contributed by atoms with Gasteiger partial charge in [-0.15, -0.1) is 0 Å². The van der Waals surface area contributed by atoms with Crippen LogP contribution < -0.4 is 5.73 Å². The minimum atomic E-state index is -0.581. The number of anilines is 1. The molecule has 0 unspecified atom stereocenters. The molecular formula is C9H9N3O2. The molecule has 0 bridgehead atoms. The summed E-state index contributed by atoms with van der Waals surface area (Å²) in [6.07, 6.45) is 1.51. The van der Waals surface area contributed by atoms with Gasteiger partial charge in [-0.2, -0.15) is 0 Å². The highest BCUT2D eigenvalue weighted by Crippen LogP contribution is 2.21. The molecule has 0 atom stereocenters. The fourth-order valence-corrected chi connectivity index (χ4v) is 0.905. The highest BCUT2D eigenvalue weighted by Gasteiger charge is 2.12. The first-order valence-electron chi connectivity index (χ1n) is 3.79. The fraction of sp³-hybridized carbons (Fsp3) is 0. The van der Waals surface area contributed by atoms with Gasteiger partial charge in [0.1, 0.15) is 0 Å². The monoisotopic (exact) mass is 191 g/mol. The number of nitrogens with zero attached hydrogens (tertiary/aromatic N) is 2. The van der Waals surface area contributed by atoms with Gasteiger partial charge in [-0.3, -0.25) is 10.1 Å². The average Bonchev–Trinajstić information content (AvgIpc) is 2.15. The maximum atomic E-state index is 10.4. The summed E-state index contributed by atoms with van der Waals surface area (Å²) in [7, 11) is 0. The minimum absolute atomic E-state index is 0.115. The van der Waals surface area contributed by atoms with E-state index in [2.05, 4.69) is 18.1 Å². The molecule has 5 nitrogen and oxygen atoms in total. The van der Waals surface area contributed by atoms with Crippen LogP contribution in [0.5, 0.6) is 0 Å². The second-order valence-electron chi connectivity index (χ2n) is 2.59. The largest absolute Gasteiger partial charge is 0.378 e. The highest BCUT2D eigenvalue weighted by molar-refractivity contribution is 5.71. The Morgan fingerprint density at radius 1 is 1.64 bits per heavy atom. The van der Waals surface area contributed by atoms with Crippen molar-refractivity contribution in [3.8, 4) is 0 Å². The van der Waals surface area contributed by atoms with Crippen molar-refractivity contribution in [1.82, 2.24) is 4.98 Å². The maximum Gasteiger partial charge on any atom is 0.311 e. The lowest BCUT2D eigenvalue weighted by molar-refractivity contribution is -0.384. The van der Waals surface area contributed by atoms with Crippen LogP contribution in [0.2, 0.25) is 0 Å². The second-order valence-corrected chi connectivity index (χ2v) is 2.59. The molecule has 1 rings (SSSR count). The molecule has 2 N–H and O–H groups in total. The molecule has 0 fully saturated rings. The summed E-state index contributed by atoms with van der Waals surface area (Å²) in [6, 6.07) is 2.78. The quantitative estimate of drug-likeness (QED) is 0.448. The summed E-state index contributed by atoms with van der Waals surface area (Å²) in [4.78, 5) is 13.7. The number of pyridine rings is 1. The van der Waals surface area contributed by atoms with Crippen LogP contribution in [-0.4, -0.2) is 9.91 Å². The van der Waals surface area contributed by atoms with Crippen molar-refractivity contribution in [2.45, 2.75) is 0 Å². The molecule has 0 amide bonds. The smallest absolute Gasteiger partial charge is 0.311 e. The number of nitro groups is 1. The molecule has 72 valence electrons. The molecule has 1 heterocycles. The van der Waals surface area contributed by atoms with Gasteiger partial charge < -0.3 is 5.73 Å². The predicted molar refractivity (Wildman–Crippen MR) is 54.5 cm³/mol. The normalized spacial score (nSPS) is 9.43. The van der Waals surface area contributed by atoms with Gasteiger partial charge in [0.2, 0.25) is 5.82 Å². The zero-order valence-electron chi connectivity index (χ0n) is 7.43. The fourth-order valence-electron chi connectivity index (χ4n) is 0.905. The minimum Gasteiger partial charge on any atom is -0.378 e. The van der Waals surface area contributed by atoms with E-state index in [1.165, 1.54) is 18.2 Å². The summed E-state index contributed by atoms with van der Waals surface area (Å²) < 4.78 is 0. The Hall–Kier alpha value is -2.17. The third-order valence-corrected chi connectivity index (χ3v) is 1.67. The van der Waals surface area contributed by atoms with Crippen molar-refractivity contribution in [3.05, 3.63) is 47.2 Å². The van der Waals surface area contributed by atoms with Crippen LogP contribution in [0.15, 0.2) is 31.4 Å².